The third-order valence-electron chi connectivity index (χ3n) is 5.17. The molecule has 1 saturated carbocycles. The summed E-state index contributed by atoms with van der Waals surface area (Å²) < 4.78 is 5.05. The van der Waals surface area contributed by atoms with Gasteiger partial charge in [0, 0.05) is 12.6 Å². The molecule has 7 nitrogen and oxygen atoms in total. The second-order valence-electron chi connectivity index (χ2n) is 7.30. The van der Waals surface area contributed by atoms with Crippen molar-refractivity contribution in [2.24, 2.45) is 0 Å². The Morgan fingerprint density at radius 2 is 1.87 bits per heavy atom. The Morgan fingerprint density at radius 1 is 1.13 bits per heavy atom. The molecule has 3 rings (SSSR count). The molecular weight excluding hydrogens is 382 g/mol. The quantitative estimate of drug-likeness (QED) is 0.623. The molecule has 1 aromatic carbocycles. The van der Waals surface area contributed by atoms with E-state index in [4.69, 9.17) is 4.42 Å². The highest BCUT2D eigenvalue weighted by Crippen LogP contribution is 2.24. The van der Waals surface area contributed by atoms with Crippen molar-refractivity contribution in [3.63, 3.8) is 0 Å². The summed E-state index contributed by atoms with van der Waals surface area (Å²) in [6.45, 7) is 3.65. The lowest BCUT2D eigenvalue weighted by Gasteiger charge is -2.31. The van der Waals surface area contributed by atoms with Crippen LogP contribution in [0.25, 0.3) is 0 Å². The van der Waals surface area contributed by atoms with Crippen molar-refractivity contribution in [2.45, 2.75) is 37.8 Å². The van der Waals surface area contributed by atoms with E-state index in [0.29, 0.717) is 5.56 Å². The van der Waals surface area contributed by atoms with Crippen LogP contribution in [0.1, 0.15) is 47.8 Å². The maximum absolute atomic E-state index is 13.2. The number of rotatable bonds is 9. The molecule has 1 aliphatic rings. The molecule has 30 heavy (non-hydrogen) atoms. The van der Waals surface area contributed by atoms with Gasteiger partial charge in [-0.1, -0.05) is 49.2 Å². The first-order valence-electron chi connectivity index (χ1n) is 10.2. The molecule has 158 valence electrons. The van der Waals surface area contributed by atoms with Gasteiger partial charge in [-0.25, -0.2) is 0 Å². The van der Waals surface area contributed by atoms with Gasteiger partial charge in [0.1, 0.15) is 6.04 Å². The van der Waals surface area contributed by atoms with Crippen molar-refractivity contribution in [1.82, 2.24) is 15.5 Å². The van der Waals surface area contributed by atoms with Crippen LogP contribution >= 0.6 is 0 Å². The van der Waals surface area contributed by atoms with E-state index >= 15 is 0 Å². The number of nitrogens with one attached hydrogen (secondary N) is 2. The molecular formula is C23H27N3O4. The predicted molar refractivity (Wildman–Crippen MR) is 113 cm³/mol. The van der Waals surface area contributed by atoms with Crippen LogP contribution in [0.4, 0.5) is 0 Å². The third kappa shape index (κ3) is 5.37. The average Bonchev–Trinajstić information content (AvgIpc) is 3.46. The molecule has 0 bridgehead atoms. The molecule has 0 saturated heterocycles. The van der Waals surface area contributed by atoms with Crippen molar-refractivity contribution in [2.75, 3.05) is 13.1 Å². The summed E-state index contributed by atoms with van der Waals surface area (Å²) in [5.41, 5.74) is 0.709. The van der Waals surface area contributed by atoms with E-state index in [9.17, 15) is 14.4 Å². The monoisotopic (exact) mass is 409 g/mol. The van der Waals surface area contributed by atoms with Crippen LogP contribution in [0, 0.1) is 0 Å². The number of benzene rings is 1. The first-order valence-corrected chi connectivity index (χ1v) is 10.2. The normalized spacial score (nSPS) is 14.7. The molecule has 0 spiro atoms. The van der Waals surface area contributed by atoms with E-state index < -0.39 is 11.9 Å². The Labute approximate surface area is 176 Å². The maximum Gasteiger partial charge on any atom is 0.287 e. The van der Waals surface area contributed by atoms with Gasteiger partial charge >= 0.3 is 0 Å². The fourth-order valence-electron chi connectivity index (χ4n) is 3.70. The molecule has 1 atom stereocenters. The van der Waals surface area contributed by atoms with Gasteiger partial charge in [-0.3, -0.25) is 14.4 Å². The Morgan fingerprint density at radius 3 is 2.50 bits per heavy atom. The zero-order valence-corrected chi connectivity index (χ0v) is 16.9. The molecule has 1 aromatic heterocycles. The van der Waals surface area contributed by atoms with Crippen molar-refractivity contribution in [3.05, 3.63) is 72.7 Å². The molecule has 2 N–H and O–H groups in total. The van der Waals surface area contributed by atoms with E-state index in [2.05, 4.69) is 17.2 Å². The lowest BCUT2D eigenvalue weighted by atomic mass is 10.0. The van der Waals surface area contributed by atoms with E-state index in [1.54, 1.807) is 12.1 Å². The Bertz CT molecular complexity index is 858. The highest BCUT2D eigenvalue weighted by atomic mass is 16.3. The van der Waals surface area contributed by atoms with Crippen LogP contribution in [-0.4, -0.2) is 41.8 Å². The Balaban J connectivity index is 1.77. The molecule has 7 heteroatoms. The Kier molecular flexibility index (Phi) is 7.43. The SMILES string of the molecule is C=CCN(C(=O)CNC(=O)c1ccco1)C(C(=O)NC1CCCC1)c1ccccc1. The van der Waals surface area contributed by atoms with Gasteiger partial charge in [-0.2, -0.15) is 0 Å². The van der Waals surface area contributed by atoms with Gasteiger partial charge in [-0.15, -0.1) is 6.58 Å². The molecule has 1 fully saturated rings. The van der Waals surface area contributed by atoms with E-state index in [1.165, 1.54) is 17.2 Å². The van der Waals surface area contributed by atoms with Gasteiger partial charge in [-0.05, 0) is 30.5 Å². The van der Waals surface area contributed by atoms with E-state index in [1.807, 2.05) is 30.3 Å². The minimum atomic E-state index is -0.808. The number of hydrogen-bond acceptors (Lipinski definition) is 4. The summed E-state index contributed by atoms with van der Waals surface area (Å²) >= 11 is 0. The molecule has 2 aromatic rings. The van der Waals surface area contributed by atoms with Gasteiger partial charge in [0.25, 0.3) is 5.91 Å². The lowest BCUT2D eigenvalue weighted by molar-refractivity contribution is -0.139. The van der Waals surface area contributed by atoms with Crippen LogP contribution in [0.15, 0.2) is 65.8 Å². The lowest BCUT2D eigenvalue weighted by Crippen LogP contribution is -2.48. The van der Waals surface area contributed by atoms with E-state index in [0.717, 1.165) is 25.7 Å². The summed E-state index contributed by atoms with van der Waals surface area (Å²) in [5, 5.41) is 5.64. The highest BCUT2D eigenvalue weighted by molar-refractivity contribution is 5.95. The minimum absolute atomic E-state index is 0.122. The summed E-state index contributed by atoms with van der Waals surface area (Å²) in [6, 6.07) is 11.6. The maximum atomic E-state index is 13.2. The van der Waals surface area contributed by atoms with E-state index in [-0.39, 0.29) is 36.7 Å². The van der Waals surface area contributed by atoms with Crippen molar-refractivity contribution < 1.29 is 18.8 Å². The second-order valence-corrected chi connectivity index (χ2v) is 7.30. The van der Waals surface area contributed by atoms with Crippen LogP contribution in [0.3, 0.4) is 0 Å². The molecule has 1 aliphatic carbocycles. The number of carbonyl (C=O) groups is 3. The fraction of sp³-hybridized carbons (Fsp3) is 0.348. The smallest absolute Gasteiger partial charge is 0.287 e. The van der Waals surface area contributed by atoms with Crippen molar-refractivity contribution >= 4 is 17.7 Å². The predicted octanol–water partition coefficient (Wildman–Crippen LogP) is 2.82. The van der Waals surface area contributed by atoms with Crippen LogP contribution < -0.4 is 10.6 Å². The number of furan rings is 1. The summed E-state index contributed by atoms with van der Waals surface area (Å²) in [5.74, 6) is -0.971. The topological polar surface area (TPSA) is 91.7 Å². The minimum Gasteiger partial charge on any atom is -0.459 e. The summed E-state index contributed by atoms with van der Waals surface area (Å²) in [7, 11) is 0. The molecule has 1 unspecified atom stereocenters. The first-order chi connectivity index (χ1) is 14.6. The number of amides is 3. The van der Waals surface area contributed by atoms with Gasteiger partial charge in [0.15, 0.2) is 5.76 Å². The zero-order chi connectivity index (χ0) is 21.3. The van der Waals surface area contributed by atoms with Crippen LogP contribution in [0.2, 0.25) is 0 Å². The molecule has 3 amide bonds. The van der Waals surface area contributed by atoms with Crippen molar-refractivity contribution in [3.8, 4) is 0 Å². The zero-order valence-electron chi connectivity index (χ0n) is 16.9. The van der Waals surface area contributed by atoms with Gasteiger partial charge in [0.2, 0.25) is 11.8 Å². The second kappa shape index (κ2) is 10.4. The summed E-state index contributed by atoms with van der Waals surface area (Å²) in [6.07, 6.45) is 7.04. The standard InChI is InChI=1S/C23H27N3O4/c1-2-14-26(20(27)16-24-22(28)19-13-8-15-30-19)21(17-9-4-3-5-10-17)23(29)25-18-11-6-7-12-18/h2-5,8-10,13,15,18,21H,1,6-7,11-12,14,16H2,(H,24,28)(H,25,29). The Hall–Kier alpha value is -3.35. The van der Waals surface area contributed by atoms with Gasteiger partial charge < -0.3 is 20.0 Å². The summed E-state index contributed by atoms with van der Waals surface area (Å²) in [4.78, 5) is 39.8. The molecule has 0 aliphatic heterocycles. The molecule has 1 heterocycles. The van der Waals surface area contributed by atoms with Crippen LogP contribution in [-0.2, 0) is 9.59 Å². The first kappa shape index (κ1) is 21.4. The molecule has 0 radical (unpaired) electrons. The largest absolute Gasteiger partial charge is 0.459 e. The fourth-order valence-corrected chi connectivity index (χ4v) is 3.70. The van der Waals surface area contributed by atoms with Gasteiger partial charge in [0.05, 0.1) is 12.8 Å². The average molecular weight is 409 g/mol. The van der Waals surface area contributed by atoms with Crippen LogP contribution in [0.5, 0.6) is 0 Å². The highest BCUT2D eigenvalue weighted by Gasteiger charge is 2.32. The number of nitrogens with zero attached hydrogens (tertiary/aromatic N) is 1. The third-order valence-corrected chi connectivity index (χ3v) is 5.17. The number of carbonyl (C=O) groups excluding carboxylic acids is 3. The number of hydrogen-bond donors (Lipinski definition) is 2. The van der Waals surface area contributed by atoms with Crippen molar-refractivity contribution in [1.29, 1.82) is 0 Å².